The van der Waals surface area contributed by atoms with E-state index in [1.807, 2.05) is 0 Å². The monoisotopic (exact) mass is 196 g/mol. The van der Waals surface area contributed by atoms with Gasteiger partial charge in [-0.2, -0.15) is 0 Å². The molecule has 1 aromatic carbocycles. The normalized spacial score (nSPS) is 9.50. The van der Waals surface area contributed by atoms with E-state index in [1.54, 1.807) is 0 Å². The standard InChI is InChI=1S/C9H8O5/c1-14-9(13)6-3-2-5(10)4-7(6)8(11)12/h2-4,10H,1H3,(H,11,12). The molecule has 0 spiro atoms. The largest absolute Gasteiger partial charge is 0.508 e. The average molecular weight is 196 g/mol. The predicted molar refractivity (Wildman–Crippen MR) is 46.4 cm³/mol. The van der Waals surface area contributed by atoms with Crippen LogP contribution in [0.15, 0.2) is 18.2 Å². The molecule has 14 heavy (non-hydrogen) atoms. The minimum Gasteiger partial charge on any atom is -0.508 e. The number of hydrogen-bond acceptors (Lipinski definition) is 4. The number of phenolic OH excluding ortho intramolecular Hbond substituents is 1. The highest BCUT2D eigenvalue weighted by atomic mass is 16.5. The molecule has 1 aromatic rings. The van der Waals surface area contributed by atoms with Crippen molar-refractivity contribution >= 4 is 11.9 Å². The fourth-order valence-corrected chi connectivity index (χ4v) is 0.997. The van der Waals surface area contributed by atoms with Crippen molar-refractivity contribution in [2.45, 2.75) is 0 Å². The number of carbonyl (C=O) groups is 2. The molecule has 0 saturated carbocycles. The molecule has 0 bridgehead atoms. The second kappa shape index (κ2) is 3.78. The van der Waals surface area contributed by atoms with E-state index in [1.165, 1.54) is 12.1 Å². The van der Waals surface area contributed by atoms with E-state index < -0.39 is 11.9 Å². The van der Waals surface area contributed by atoms with E-state index in [9.17, 15) is 9.59 Å². The lowest BCUT2D eigenvalue weighted by atomic mass is 10.1. The summed E-state index contributed by atoms with van der Waals surface area (Å²) in [6.45, 7) is 0. The summed E-state index contributed by atoms with van der Waals surface area (Å²) in [5, 5.41) is 17.7. The number of carbonyl (C=O) groups excluding carboxylic acids is 1. The molecule has 0 amide bonds. The van der Waals surface area contributed by atoms with Gasteiger partial charge in [0.05, 0.1) is 18.2 Å². The van der Waals surface area contributed by atoms with Crippen LogP contribution in [-0.2, 0) is 4.74 Å². The summed E-state index contributed by atoms with van der Waals surface area (Å²) >= 11 is 0. The minimum atomic E-state index is -1.29. The van der Waals surface area contributed by atoms with Gasteiger partial charge in [0.1, 0.15) is 5.75 Å². The molecule has 0 fully saturated rings. The molecule has 0 aliphatic heterocycles. The second-order valence-electron chi connectivity index (χ2n) is 2.53. The third kappa shape index (κ3) is 1.82. The molecule has 0 aliphatic carbocycles. The number of benzene rings is 1. The molecule has 2 N–H and O–H groups in total. The summed E-state index contributed by atoms with van der Waals surface area (Å²) in [5.41, 5.74) is -0.366. The number of phenols is 1. The SMILES string of the molecule is COC(=O)c1ccc(O)cc1C(=O)O. The van der Waals surface area contributed by atoms with Gasteiger partial charge in [-0.3, -0.25) is 0 Å². The Kier molecular flexibility index (Phi) is 2.71. The zero-order valence-electron chi connectivity index (χ0n) is 7.35. The van der Waals surface area contributed by atoms with Crippen molar-refractivity contribution in [1.82, 2.24) is 0 Å². The molecule has 1 rings (SSSR count). The molecule has 74 valence electrons. The molecule has 5 heteroatoms. The summed E-state index contributed by atoms with van der Waals surface area (Å²) in [4.78, 5) is 21.8. The number of methoxy groups -OCH3 is 1. The smallest absolute Gasteiger partial charge is 0.338 e. The highest BCUT2D eigenvalue weighted by molar-refractivity contribution is 6.02. The summed E-state index contributed by atoms with van der Waals surface area (Å²) in [6, 6.07) is 3.41. The van der Waals surface area contributed by atoms with Gasteiger partial charge in [0.25, 0.3) is 0 Å². The zero-order chi connectivity index (χ0) is 10.7. The number of esters is 1. The molecule has 0 aliphatic rings. The van der Waals surface area contributed by atoms with E-state index in [0.717, 1.165) is 13.2 Å². The van der Waals surface area contributed by atoms with Crippen LogP contribution >= 0.6 is 0 Å². The van der Waals surface area contributed by atoms with Crippen LogP contribution in [0.5, 0.6) is 5.75 Å². The molecular formula is C9H8O5. The molecule has 0 heterocycles. The summed E-state index contributed by atoms with van der Waals surface area (Å²) in [5.74, 6) is -2.25. The Morgan fingerprint density at radius 3 is 2.43 bits per heavy atom. The molecule has 5 nitrogen and oxygen atoms in total. The van der Waals surface area contributed by atoms with Crippen molar-refractivity contribution in [3.05, 3.63) is 29.3 Å². The lowest BCUT2D eigenvalue weighted by molar-refractivity contribution is 0.0582. The lowest BCUT2D eigenvalue weighted by Gasteiger charge is -2.03. The predicted octanol–water partition coefficient (Wildman–Crippen LogP) is 0.877. The maximum Gasteiger partial charge on any atom is 0.338 e. The molecule has 0 saturated heterocycles. The maximum atomic E-state index is 11.1. The van der Waals surface area contributed by atoms with Crippen LogP contribution in [0.25, 0.3) is 0 Å². The van der Waals surface area contributed by atoms with Gasteiger partial charge in [-0.1, -0.05) is 0 Å². The van der Waals surface area contributed by atoms with E-state index in [2.05, 4.69) is 4.74 Å². The summed E-state index contributed by atoms with van der Waals surface area (Å²) < 4.78 is 4.38. The average Bonchev–Trinajstić information content (AvgIpc) is 2.16. The van der Waals surface area contributed by atoms with Gasteiger partial charge in [0.15, 0.2) is 0 Å². The Morgan fingerprint density at radius 1 is 1.29 bits per heavy atom. The molecule has 0 unspecified atom stereocenters. The van der Waals surface area contributed by atoms with Crippen LogP contribution in [0.1, 0.15) is 20.7 Å². The van der Waals surface area contributed by atoms with E-state index in [0.29, 0.717) is 0 Å². The Balaban J connectivity index is 3.28. The van der Waals surface area contributed by atoms with Gasteiger partial charge in [-0.05, 0) is 18.2 Å². The van der Waals surface area contributed by atoms with Crippen molar-refractivity contribution in [3.63, 3.8) is 0 Å². The van der Waals surface area contributed by atoms with Crippen LogP contribution in [0.4, 0.5) is 0 Å². The number of rotatable bonds is 2. The second-order valence-corrected chi connectivity index (χ2v) is 2.53. The van der Waals surface area contributed by atoms with Gasteiger partial charge in [0, 0.05) is 0 Å². The summed E-state index contributed by atoms with van der Waals surface area (Å²) in [7, 11) is 1.15. The lowest BCUT2D eigenvalue weighted by Crippen LogP contribution is -2.09. The quantitative estimate of drug-likeness (QED) is 0.686. The first kappa shape index (κ1) is 10.0. The number of carboxylic acids is 1. The maximum absolute atomic E-state index is 11.1. The van der Waals surface area contributed by atoms with E-state index >= 15 is 0 Å². The number of aromatic carboxylic acids is 1. The highest BCUT2D eigenvalue weighted by Gasteiger charge is 2.17. The van der Waals surface area contributed by atoms with Gasteiger partial charge in [0.2, 0.25) is 0 Å². The highest BCUT2D eigenvalue weighted by Crippen LogP contribution is 2.17. The van der Waals surface area contributed by atoms with Crippen LogP contribution in [0.3, 0.4) is 0 Å². The number of hydrogen-bond donors (Lipinski definition) is 2. The first-order valence-corrected chi connectivity index (χ1v) is 3.71. The van der Waals surface area contributed by atoms with Gasteiger partial charge >= 0.3 is 11.9 Å². The number of ether oxygens (including phenoxy) is 1. The third-order valence-electron chi connectivity index (χ3n) is 1.64. The minimum absolute atomic E-state index is 0.0854. The van der Waals surface area contributed by atoms with Crippen molar-refractivity contribution < 1.29 is 24.5 Å². The fourth-order valence-electron chi connectivity index (χ4n) is 0.997. The van der Waals surface area contributed by atoms with Crippen molar-refractivity contribution in [1.29, 1.82) is 0 Å². The Hall–Kier alpha value is -2.04. The summed E-state index contributed by atoms with van der Waals surface area (Å²) in [6.07, 6.45) is 0. The van der Waals surface area contributed by atoms with Crippen LogP contribution in [-0.4, -0.2) is 29.3 Å². The van der Waals surface area contributed by atoms with Crippen LogP contribution < -0.4 is 0 Å². The molecule has 0 atom stereocenters. The Bertz CT molecular complexity index is 383. The van der Waals surface area contributed by atoms with Gasteiger partial charge in [-0.25, -0.2) is 9.59 Å². The van der Waals surface area contributed by atoms with Crippen LogP contribution in [0.2, 0.25) is 0 Å². The van der Waals surface area contributed by atoms with E-state index in [-0.39, 0.29) is 16.9 Å². The van der Waals surface area contributed by atoms with Crippen molar-refractivity contribution in [3.8, 4) is 5.75 Å². The first-order valence-electron chi connectivity index (χ1n) is 3.71. The third-order valence-corrected chi connectivity index (χ3v) is 1.64. The fraction of sp³-hybridized carbons (Fsp3) is 0.111. The topological polar surface area (TPSA) is 83.8 Å². The van der Waals surface area contributed by atoms with Crippen molar-refractivity contribution in [2.24, 2.45) is 0 Å². The van der Waals surface area contributed by atoms with Gasteiger partial charge in [-0.15, -0.1) is 0 Å². The zero-order valence-corrected chi connectivity index (χ0v) is 7.35. The number of aromatic hydroxyl groups is 1. The molecule has 0 radical (unpaired) electrons. The molecule has 0 aromatic heterocycles. The van der Waals surface area contributed by atoms with Crippen molar-refractivity contribution in [2.75, 3.05) is 7.11 Å². The van der Waals surface area contributed by atoms with E-state index in [4.69, 9.17) is 10.2 Å². The van der Waals surface area contributed by atoms with Crippen LogP contribution in [0, 0.1) is 0 Å². The Labute approximate surface area is 79.6 Å². The molecular weight excluding hydrogens is 188 g/mol. The van der Waals surface area contributed by atoms with Gasteiger partial charge < -0.3 is 14.9 Å². The first-order chi connectivity index (χ1) is 6.56. The Morgan fingerprint density at radius 2 is 1.93 bits per heavy atom. The number of carboxylic acid groups (broad SMARTS) is 1.